The molecule has 41 heavy (non-hydrogen) atoms. The summed E-state index contributed by atoms with van der Waals surface area (Å²) in [6.07, 6.45) is 0. The van der Waals surface area contributed by atoms with Gasteiger partial charge in [0.05, 0.1) is 27.7 Å². The fourth-order valence-electron chi connectivity index (χ4n) is 5.70. The molecule has 0 saturated heterocycles. The maximum atomic E-state index is 9.41. The van der Waals surface area contributed by atoms with Gasteiger partial charge >= 0.3 is 0 Å². The van der Waals surface area contributed by atoms with Crippen molar-refractivity contribution in [1.29, 1.82) is 0 Å². The zero-order valence-electron chi connectivity index (χ0n) is 29.8. The second-order valence-corrected chi connectivity index (χ2v) is 9.76. The third-order valence-electron chi connectivity index (χ3n) is 7.45. The molecule has 0 radical (unpaired) electrons. The third kappa shape index (κ3) is 3.76. The van der Waals surface area contributed by atoms with Gasteiger partial charge in [-0.3, -0.25) is 4.57 Å². The van der Waals surface area contributed by atoms with Crippen LogP contribution < -0.4 is 0 Å². The van der Waals surface area contributed by atoms with Gasteiger partial charge in [-0.1, -0.05) is 145 Å². The van der Waals surface area contributed by atoms with Crippen LogP contribution in [0.3, 0.4) is 0 Å². The van der Waals surface area contributed by atoms with E-state index >= 15 is 0 Å². The monoisotopic (exact) mass is 530 g/mol. The Balaban J connectivity index is 1.72. The average molecular weight is 531 g/mol. The summed E-state index contributed by atoms with van der Waals surface area (Å²) in [6, 6.07) is 30.7. The van der Waals surface area contributed by atoms with E-state index in [0.29, 0.717) is 28.0 Å². The topological polar surface area (TPSA) is 17.8 Å². The lowest BCUT2D eigenvalue weighted by atomic mass is 9.86. The van der Waals surface area contributed by atoms with Crippen LogP contribution in [0, 0.1) is 0 Å². The second-order valence-electron chi connectivity index (χ2n) is 9.76. The predicted octanol–water partition coefficient (Wildman–Crippen LogP) is 10.3. The first-order chi connectivity index (χ1) is 23.7. The predicted molar refractivity (Wildman–Crippen MR) is 172 cm³/mol. The molecule has 8 aromatic rings. The number of aromatic nitrogens is 2. The van der Waals surface area contributed by atoms with Crippen LogP contribution in [-0.4, -0.2) is 9.55 Å². The molecule has 0 aliphatic carbocycles. The first kappa shape index (κ1) is 16.6. The van der Waals surface area contributed by atoms with E-state index in [4.69, 9.17) is 10.5 Å². The van der Waals surface area contributed by atoms with E-state index in [1.807, 2.05) is 109 Å². The molecule has 0 aliphatic rings. The Labute approximate surface area is 250 Å². The van der Waals surface area contributed by atoms with Crippen LogP contribution in [0.5, 0.6) is 0 Å². The highest BCUT2D eigenvalue weighted by atomic mass is 15.1. The number of benzene rings is 7. The first-order valence-corrected chi connectivity index (χ1v) is 13.3. The lowest BCUT2D eigenvalue weighted by Crippen LogP contribution is -2.01. The molecule has 2 nitrogen and oxygen atoms in total. The molecule has 0 spiro atoms. The summed E-state index contributed by atoms with van der Waals surface area (Å²) < 4.78 is 74.6. The molecule has 192 valence electrons. The Morgan fingerprint density at radius 3 is 1.66 bits per heavy atom. The van der Waals surface area contributed by atoms with E-state index in [1.54, 1.807) is 4.57 Å². The summed E-state index contributed by atoms with van der Waals surface area (Å²) in [5.74, 6) is 0.460. The summed E-state index contributed by atoms with van der Waals surface area (Å²) in [4.78, 5) is 4.97. The Kier molecular flexibility index (Phi) is 3.89. The molecule has 0 fully saturated rings. The van der Waals surface area contributed by atoms with Gasteiger partial charge in [0.15, 0.2) is 0 Å². The smallest absolute Gasteiger partial charge is 0.145 e. The summed E-state index contributed by atoms with van der Waals surface area (Å²) >= 11 is 0. The Morgan fingerprint density at radius 1 is 0.488 bits per heavy atom. The minimum atomic E-state index is -0.452. The van der Waals surface area contributed by atoms with Gasteiger partial charge in [0.1, 0.15) is 5.82 Å². The highest BCUT2D eigenvalue weighted by Gasteiger charge is 2.22. The van der Waals surface area contributed by atoms with Crippen molar-refractivity contribution < 1.29 is 11.0 Å². The second kappa shape index (κ2) is 9.62. The number of nitrogens with zero attached hydrogens (tertiary/aromatic N) is 2. The number of rotatable bonds is 4. The van der Waals surface area contributed by atoms with Crippen molar-refractivity contribution in [1.82, 2.24) is 9.55 Å². The Hall–Kier alpha value is -5.47. The van der Waals surface area contributed by atoms with Gasteiger partial charge < -0.3 is 0 Å². The van der Waals surface area contributed by atoms with E-state index in [0.717, 1.165) is 16.7 Å². The van der Waals surface area contributed by atoms with Gasteiger partial charge in [-0.15, -0.1) is 0 Å². The molecule has 0 aliphatic heterocycles. The molecule has 0 unspecified atom stereocenters. The zero-order chi connectivity index (χ0) is 34.1. The van der Waals surface area contributed by atoms with Crippen molar-refractivity contribution in [3.05, 3.63) is 158 Å². The number of para-hydroxylation sites is 2. The average Bonchev–Trinajstić information content (AvgIpc) is 3.53. The minimum Gasteiger partial charge on any atom is -0.291 e. The van der Waals surface area contributed by atoms with Crippen LogP contribution in [0.15, 0.2) is 158 Å². The van der Waals surface area contributed by atoms with Crippen LogP contribution in [0.1, 0.15) is 11.0 Å². The molecule has 1 aromatic heterocycles. The number of imidazole rings is 1. The fraction of sp³-hybridized carbons (Fsp3) is 0. The molecule has 7 aromatic carbocycles. The van der Waals surface area contributed by atoms with E-state index in [2.05, 4.69) is 0 Å². The van der Waals surface area contributed by atoms with Gasteiger partial charge in [-0.05, 0) is 45.2 Å². The minimum absolute atomic E-state index is 0.127. The lowest BCUT2D eigenvalue weighted by Gasteiger charge is -2.21. The maximum absolute atomic E-state index is 9.41. The Morgan fingerprint density at radius 2 is 1.00 bits per heavy atom. The number of hydrogen-bond acceptors (Lipinski definition) is 1. The summed E-state index contributed by atoms with van der Waals surface area (Å²) in [5.41, 5.74) is 4.62. The van der Waals surface area contributed by atoms with Crippen LogP contribution in [0.2, 0.25) is 0 Å². The highest BCUT2D eigenvalue weighted by molar-refractivity contribution is 6.20. The van der Waals surface area contributed by atoms with Crippen LogP contribution in [-0.2, 0) is 0 Å². The molecule has 0 amide bonds. The molecule has 0 N–H and O–H groups in total. The van der Waals surface area contributed by atoms with Gasteiger partial charge in [-0.2, -0.15) is 0 Å². The van der Waals surface area contributed by atoms with Gasteiger partial charge in [0.25, 0.3) is 0 Å². The molecule has 0 atom stereocenters. The first-order valence-electron chi connectivity index (χ1n) is 17.3. The Bertz CT molecular complexity index is 2550. The van der Waals surface area contributed by atoms with Crippen molar-refractivity contribution in [2.24, 2.45) is 0 Å². The molecule has 0 bridgehead atoms. The van der Waals surface area contributed by atoms with Crippen molar-refractivity contribution in [2.45, 2.75) is 0 Å². The van der Waals surface area contributed by atoms with Crippen LogP contribution >= 0.6 is 0 Å². The SMILES string of the molecule is [2H]c1c([2H])c([2H])c2c(-n3c(-c4ccccc4)nc4ccccc43)c3c([2H])c([2H])c([2H])c([2H])c3c(-c3ccccc3-c3ccccc3)c2c1[2H]. The summed E-state index contributed by atoms with van der Waals surface area (Å²) in [5, 5.41) is 0.556. The molecular weight excluding hydrogens is 496 g/mol. The van der Waals surface area contributed by atoms with E-state index in [-0.39, 0.29) is 51.4 Å². The van der Waals surface area contributed by atoms with Crippen molar-refractivity contribution in [2.75, 3.05) is 0 Å². The van der Waals surface area contributed by atoms with Crippen molar-refractivity contribution >= 4 is 32.6 Å². The summed E-state index contributed by atoms with van der Waals surface area (Å²) in [6.45, 7) is 0. The lowest BCUT2D eigenvalue weighted by molar-refractivity contribution is 1.13. The van der Waals surface area contributed by atoms with Gasteiger partial charge in [0.2, 0.25) is 0 Å². The summed E-state index contributed by atoms with van der Waals surface area (Å²) in [7, 11) is 0. The standard InChI is InChI=1S/C39H26N2/c1-3-15-27(16-4-1)29-19-7-8-20-30(29)37-31-21-9-11-23-33(31)38(34-24-12-10-22-32(34)37)41-36-26-14-13-25-35(36)40-39(41)28-17-5-2-6-18-28/h1-26H/i9D,10D,11D,12D,21D,22D,23D,24D. The molecular formula is C39H26N2. The van der Waals surface area contributed by atoms with Crippen molar-refractivity contribution in [3.63, 3.8) is 0 Å². The molecule has 8 rings (SSSR count). The van der Waals surface area contributed by atoms with E-state index < -0.39 is 24.2 Å². The molecule has 2 heteroatoms. The quantitative estimate of drug-likeness (QED) is 0.207. The van der Waals surface area contributed by atoms with Gasteiger partial charge in [-0.25, -0.2) is 4.98 Å². The van der Waals surface area contributed by atoms with Crippen LogP contribution in [0.4, 0.5) is 0 Å². The van der Waals surface area contributed by atoms with Crippen LogP contribution in [0.25, 0.3) is 71.9 Å². The normalized spacial score (nSPS) is 14.1. The highest BCUT2D eigenvalue weighted by Crippen LogP contribution is 2.45. The zero-order valence-corrected chi connectivity index (χ0v) is 21.8. The van der Waals surface area contributed by atoms with E-state index in [1.165, 1.54) is 0 Å². The molecule has 0 saturated carbocycles. The maximum Gasteiger partial charge on any atom is 0.145 e. The number of fused-ring (bicyclic) bond motifs is 3. The van der Waals surface area contributed by atoms with Crippen molar-refractivity contribution in [3.8, 4) is 39.3 Å². The third-order valence-corrected chi connectivity index (χ3v) is 7.45. The van der Waals surface area contributed by atoms with Gasteiger partial charge in [0, 0.05) is 16.3 Å². The van der Waals surface area contributed by atoms with E-state index in [9.17, 15) is 5.48 Å². The fourth-order valence-corrected chi connectivity index (χ4v) is 5.70. The molecule has 1 heterocycles. The number of hydrogen-bond donors (Lipinski definition) is 0. The largest absolute Gasteiger partial charge is 0.291 e.